The van der Waals surface area contributed by atoms with Crippen LogP contribution in [0.15, 0.2) is 24.3 Å². The highest BCUT2D eigenvalue weighted by atomic mass is 19.1. The summed E-state index contributed by atoms with van der Waals surface area (Å²) >= 11 is 0. The lowest BCUT2D eigenvalue weighted by Gasteiger charge is -2.29. The van der Waals surface area contributed by atoms with Gasteiger partial charge in [0.25, 0.3) is 0 Å². The van der Waals surface area contributed by atoms with Crippen molar-refractivity contribution in [1.82, 2.24) is 10.6 Å². The fraction of sp³-hybridized carbons (Fsp3) is 0.474. The first-order chi connectivity index (χ1) is 13.8. The van der Waals surface area contributed by atoms with E-state index < -0.39 is 66.0 Å². The summed E-state index contributed by atoms with van der Waals surface area (Å²) in [4.78, 5) is 47.4. The van der Waals surface area contributed by atoms with E-state index >= 15 is 0 Å². The molecule has 0 fully saturated rings. The van der Waals surface area contributed by atoms with E-state index in [2.05, 4.69) is 5.32 Å². The minimum atomic E-state index is -1.76. The zero-order chi connectivity index (χ0) is 23.2. The molecule has 0 unspecified atom stereocenters. The second kappa shape index (κ2) is 9.97. The topological polar surface area (TPSA) is 153 Å². The number of halogens is 1. The first-order valence-corrected chi connectivity index (χ1v) is 8.80. The molecule has 0 heterocycles. The van der Waals surface area contributed by atoms with Gasteiger partial charge in [-0.25, -0.2) is 9.18 Å². The SMILES string of the molecule is [2H]N(C(=O)C(C)(C)c1ccc(F)cc1)[C@H](C(=O)N[C@@H](CCC(=O)O)C(=O)O)[C@H](C)O. The smallest absolute Gasteiger partial charge is 0.326 e. The predicted octanol–water partition coefficient (Wildman–Crippen LogP) is 0.403. The van der Waals surface area contributed by atoms with Gasteiger partial charge in [0.05, 0.1) is 11.5 Å². The van der Waals surface area contributed by atoms with Crippen LogP contribution in [0.4, 0.5) is 4.39 Å². The van der Waals surface area contributed by atoms with E-state index in [4.69, 9.17) is 6.52 Å². The van der Waals surface area contributed by atoms with Gasteiger partial charge < -0.3 is 25.9 Å². The maximum absolute atomic E-state index is 13.2. The van der Waals surface area contributed by atoms with Gasteiger partial charge in [-0.15, -0.1) is 0 Å². The molecule has 0 aliphatic carbocycles. The molecule has 0 saturated carbocycles. The number of carboxylic acid groups (broad SMARTS) is 2. The maximum atomic E-state index is 13.2. The molecule has 0 saturated heterocycles. The van der Waals surface area contributed by atoms with Crippen molar-refractivity contribution < 1.29 is 40.3 Å². The van der Waals surface area contributed by atoms with E-state index in [1.807, 2.05) is 0 Å². The number of rotatable bonds is 10. The van der Waals surface area contributed by atoms with Crippen LogP contribution in [0.2, 0.25) is 1.41 Å². The molecule has 0 radical (unpaired) electrons. The van der Waals surface area contributed by atoms with Crippen LogP contribution in [0, 0.1) is 5.82 Å². The first kappa shape index (κ1) is 22.3. The largest absolute Gasteiger partial charge is 0.481 e. The molecule has 0 aliphatic heterocycles. The number of nitrogens with one attached hydrogen (secondary N) is 2. The van der Waals surface area contributed by atoms with Crippen molar-refractivity contribution in [2.75, 3.05) is 0 Å². The number of hydrogen-bond acceptors (Lipinski definition) is 5. The van der Waals surface area contributed by atoms with Crippen LogP contribution >= 0.6 is 0 Å². The molecule has 3 atom stereocenters. The molecule has 5 N–H and O–H groups in total. The van der Waals surface area contributed by atoms with Crippen molar-refractivity contribution in [3.05, 3.63) is 35.6 Å². The average molecular weight is 413 g/mol. The third-order valence-corrected chi connectivity index (χ3v) is 4.34. The van der Waals surface area contributed by atoms with Crippen molar-refractivity contribution in [1.29, 1.82) is 0 Å². The highest BCUT2D eigenvalue weighted by Crippen LogP contribution is 2.24. The molecule has 1 aromatic rings. The molecule has 10 heteroatoms. The van der Waals surface area contributed by atoms with Crippen molar-refractivity contribution in [3.63, 3.8) is 0 Å². The third kappa shape index (κ3) is 6.83. The minimum absolute atomic E-state index is 0.249. The molecule has 0 spiro atoms. The number of amides is 2. The van der Waals surface area contributed by atoms with E-state index in [-0.39, 0.29) is 5.31 Å². The predicted molar refractivity (Wildman–Crippen MR) is 99.5 cm³/mol. The summed E-state index contributed by atoms with van der Waals surface area (Å²) in [5, 5.41) is 30.2. The monoisotopic (exact) mass is 413 g/mol. The molecule has 0 aliphatic rings. The van der Waals surface area contributed by atoms with E-state index in [0.717, 1.165) is 19.1 Å². The van der Waals surface area contributed by atoms with Crippen molar-refractivity contribution in [2.24, 2.45) is 0 Å². The van der Waals surface area contributed by atoms with E-state index in [0.29, 0.717) is 5.56 Å². The molecule has 9 nitrogen and oxygen atoms in total. The summed E-state index contributed by atoms with van der Waals surface area (Å²) in [5.74, 6) is -5.30. The second-order valence-corrected chi connectivity index (χ2v) is 7.08. The number of carbonyl (C=O) groups excluding carboxylic acids is 2. The molecular weight excluding hydrogens is 387 g/mol. The Morgan fingerprint density at radius 1 is 1.17 bits per heavy atom. The van der Waals surface area contributed by atoms with Gasteiger partial charge in [0.1, 0.15) is 17.9 Å². The van der Waals surface area contributed by atoms with Crippen molar-refractivity contribution in [3.8, 4) is 0 Å². The molecular formula is C19H25FN2O7. The molecule has 0 bridgehead atoms. The Labute approximate surface area is 168 Å². The number of aliphatic carboxylic acids is 2. The zero-order valence-corrected chi connectivity index (χ0v) is 16.3. The van der Waals surface area contributed by atoms with Crippen LogP contribution in [-0.2, 0) is 24.6 Å². The van der Waals surface area contributed by atoms with E-state index in [1.54, 1.807) is 0 Å². The quantitative estimate of drug-likeness (QED) is 0.372. The van der Waals surface area contributed by atoms with Crippen molar-refractivity contribution in [2.45, 2.75) is 57.2 Å². The third-order valence-electron chi connectivity index (χ3n) is 4.34. The summed E-state index contributed by atoms with van der Waals surface area (Å²) in [5.41, 5.74) is -1.00. The molecule has 1 rings (SSSR count). The fourth-order valence-corrected chi connectivity index (χ4v) is 2.45. The fourth-order valence-electron chi connectivity index (χ4n) is 2.45. The Hall–Kier alpha value is -3.01. The number of carboxylic acids is 2. The molecule has 1 aromatic carbocycles. The van der Waals surface area contributed by atoms with Crippen LogP contribution in [-0.4, -0.2) is 57.3 Å². The van der Waals surface area contributed by atoms with E-state index in [1.165, 1.54) is 26.0 Å². The van der Waals surface area contributed by atoms with Crippen LogP contribution in [0.1, 0.15) is 39.2 Å². The van der Waals surface area contributed by atoms with Crippen molar-refractivity contribution >= 4 is 23.8 Å². The summed E-state index contributed by atoms with van der Waals surface area (Å²) in [7, 11) is 0. The van der Waals surface area contributed by atoms with Gasteiger partial charge in [0, 0.05) is 6.42 Å². The Morgan fingerprint density at radius 3 is 2.17 bits per heavy atom. The van der Waals surface area contributed by atoms with Gasteiger partial charge in [-0.05, 0) is 44.9 Å². The zero-order valence-electron chi connectivity index (χ0n) is 17.3. The Kier molecular flexibility index (Phi) is 7.66. The number of benzene rings is 1. The Bertz CT molecular complexity index is 799. The lowest BCUT2D eigenvalue weighted by atomic mass is 9.83. The molecule has 0 aromatic heterocycles. The summed E-state index contributed by atoms with van der Waals surface area (Å²) in [6.07, 6.45) is -2.49. The Balaban J connectivity index is 3.07. The summed E-state index contributed by atoms with van der Waals surface area (Å²) < 4.78 is 21.3. The lowest BCUT2D eigenvalue weighted by molar-refractivity contribution is -0.144. The molecule has 29 heavy (non-hydrogen) atoms. The van der Waals surface area contributed by atoms with Gasteiger partial charge in [0.15, 0.2) is 1.41 Å². The summed E-state index contributed by atoms with van der Waals surface area (Å²) in [6, 6.07) is 1.64. The van der Waals surface area contributed by atoms with E-state index in [9.17, 15) is 33.8 Å². The Morgan fingerprint density at radius 2 is 1.72 bits per heavy atom. The average Bonchev–Trinajstić information content (AvgIpc) is 2.64. The van der Waals surface area contributed by atoms with Crippen LogP contribution in [0.25, 0.3) is 0 Å². The highest BCUT2D eigenvalue weighted by molar-refractivity contribution is 5.94. The second-order valence-electron chi connectivity index (χ2n) is 7.08. The standard InChI is InChI=1S/C19H25FN2O7/c1-10(23)15(16(26)21-13(17(27)28)8-9-14(24)25)22-18(29)19(2,3)11-4-6-12(20)7-5-11/h4-7,10,13,15,23H,8-9H2,1-3H3,(H,21,26)(H,22,29)(H,24,25)(H,27,28)/t10-,13-,15-/m0/s1/i/hD. The van der Waals surface area contributed by atoms with Crippen LogP contribution < -0.4 is 10.6 Å². The van der Waals surface area contributed by atoms with Gasteiger partial charge in [-0.1, -0.05) is 12.1 Å². The minimum Gasteiger partial charge on any atom is -0.481 e. The summed E-state index contributed by atoms with van der Waals surface area (Å²) in [6.45, 7) is 4.05. The highest BCUT2D eigenvalue weighted by Gasteiger charge is 2.36. The number of aliphatic hydroxyl groups excluding tert-OH is 1. The first-order valence-electron chi connectivity index (χ1n) is 9.25. The lowest BCUT2D eigenvalue weighted by Crippen LogP contribution is -2.58. The molecule has 2 amide bonds. The maximum Gasteiger partial charge on any atom is 0.326 e. The van der Waals surface area contributed by atoms with Gasteiger partial charge in [-0.2, -0.15) is 0 Å². The van der Waals surface area contributed by atoms with Gasteiger partial charge in [-0.3, -0.25) is 14.4 Å². The number of aliphatic hydroxyl groups is 1. The number of hydrogen-bond donors (Lipinski definition) is 5. The normalized spacial score (nSPS) is 14.9. The van der Waals surface area contributed by atoms with Gasteiger partial charge >= 0.3 is 11.9 Å². The number of carbonyl (C=O) groups is 4. The van der Waals surface area contributed by atoms with Crippen LogP contribution in [0.5, 0.6) is 0 Å². The van der Waals surface area contributed by atoms with Gasteiger partial charge in [0.2, 0.25) is 11.8 Å². The molecule has 160 valence electrons. The van der Waals surface area contributed by atoms with Crippen LogP contribution in [0.3, 0.4) is 0 Å².